The predicted octanol–water partition coefficient (Wildman–Crippen LogP) is 4.67. The molecule has 1 saturated heterocycles. The van der Waals surface area contributed by atoms with E-state index in [1.165, 1.54) is 16.3 Å². The molecule has 0 spiro atoms. The Hall–Kier alpha value is -4.30. The van der Waals surface area contributed by atoms with Crippen LogP contribution in [-0.4, -0.2) is 77.3 Å². The molecule has 4 aromatic rings. The lowest BCUT2D eigenvalue weighted by Gasteiger charge is -2.32. The smallest absolute Gasteiger partial charge is 0.263 e. The van der Waals surface area contributed by atoms with Crippen LogP contribution in [-0.2, 0) is 12.8 Å². The molecule has 8 heteroatoms. The summed E-state index contributed by atoms with van der Waals surface area (Å²) >= 11 is 0. The summed E-state index contributed by atoms with van der Waals surface area (Å²) in [6.45, 7) is 4.56. The quantitative estimate of drug-likeness (QED) is 0.319. The number of likely N-dealkylation sites (tertiary alicyclic amines) is 1. The molecule has 0 bridgehead atoms. The molecular formula is C34H39N5O3. The van der Waals surface area contributed by atoms with Gasteiger partial charge in [0.1, 0.15) is 0 Å². The van der Waals surface area contributed by atoms with Crippen LogP contribution in [0.4, 0.5) is 0 Å². The number of nitrogens with one attached hydrogen (secondary N) is 1. The number of aryl methyl sites for hydroxylation is 1. The highest BCUT2D eigenvalue weighted by Gasteiger charge is 2.28. The van der Waals surface area contributed by atoms with E-state index < -0.39 is 0 Å². The van der Waals surface area contributed by atoms with Gasteiger partial charge in [0.25, 0.3) is 17.7 Å². The van der Waals surface area contributed by atoms with Gasteiger partial charge in [0, 0.05) is 55.7 Å². The number of aromatic nitrogens is 2. The van der Waals surface area contributed by atoms with Crippen molar-refractivity contribution in [3.63, 3.8) is 0 Å². The van der Waals surface area contributed by atoms with Crippen LogP contribution in [0.1, 0.15) is 62.0 Å². The van der Waals surface area contributed by atoms with Gasteiger partial charge < -0.3 is 15.1 Å². The molecular weight excluding hydrogens is 526 g/mol. The molecule has 0 saturated carbocycles. The third-order valence-electron chi connectivity index (χ3n) is 8.14. The Morgan fingerprint density at radius 3 is 2.38 bits per heavy atom. The van der Waals surface area contributed by atoms with Crippen molar-refractivity contribution in [1.29, 1.82) is 0 Å². The average molecular weight is 566 g/mol. The second-order valence-electron chi connectivity index (χ2n) is 11.3. The van der Waals surface area contributed by atoms with Crippen LogP contribution in [0, 0.1) is 5.92 Å². The number of hydrogen-bond acceptors (Lipinski definition) is 5. The summed E-state index contributed by atoms with van der Waals surface area (Å²) in [6.07, 6.45) is 8.21. The summed E-state index contributed by atoms with van der Waals surface area (Å²) in [4.78, 5) is 49.0. The zero-order chi connectivity index (χ0) is 29.6. The molecule has 2 aromatic heterocycles. The van der Waals surface area contributed by atoms with E-state index in [9.17, 15) is 14.4 Å². The number of rotatable bonds is 9. The maximum Gasteiger partial charge on any atom is 0.263 e. The molecule has 5 rings (SSSR count). The van der Waals surface area contributed by atoms with E-state index in [4.69, 9.17) is 0 Å². The van der Waals surface area contributed by atoms with Crippen LogP contribution >= 0.6 is 0 Å². The van der Waals surface area contributed by atoms with Crippen LogP contribution in [0.2, 0.25) is 0 Å². The second-order valence-corrected chi connectivity index (χ2v) is 11.3. The monoisotopic (exact) mass is 565 g/mol. The molecule has 0 aliphatic carbocycles. The summed E-state index contributed by atoms with van der Waals surface area (Å²) in [5.41, 5.74) is 4.12. The molecule has 2 amide bonds. The van der Waals surface area contributed by atoms with Gasteiger partial charge in [0.2, 0.25) is 0 Å². The van der Waals surface area contributed by atoms with Gasteiger partial charge in [0.05, 0.1) is 16.6 Å². The lowest BCUT2D eigenvalue weighted by atomic mass is 9.89. The van der Waals surface area contributed by atoms with E-state index in [1.807, 2.05) is 49.0 Å². The van der Waals surface area contributed by atoms with E-state index in [2.05, 4.69) is 34.6 Å². The lowest BCUT2D eigenvalue weighted by Crippen LogP contribution is -2.39. The minimum atomic E-state index is -0.290. The van der Waals surface area contributed by atoms with Gasteiger partial charge in [-0.3, -0.25) is 23.9 Å². The first-order valence-electron chi connectivity index (χ1n) is 14.7. The van der Waals surface area contributed by atoms with Crippen molar-refractivity contribution in [2.24, 2.45) is 5.92 Å². The van der Waals surface area contributed by atoms with Crippen LogP contribution in [0.5, 0.6) is 0 Å². The van der Waals surface area contributed by atoms with Crippen molar-refractivity contribution in [2.75, 3.05) is 40.3 Å². The Balaban J connectivity index is 1.46. The number of piperidine rings is 1. The number of nitrogens with zero attached hydrogens (tertiary/aromatic N) is 4. The summed E-state index contributed by atoms with van der Waals surface area (Å²) in [5, 5.41) is 3.63. The Labute approximate surface area is 247 Å². The molecule has 0 unspecified atom stereocenters. The molecule has 218 valence electrons. The minimum Gasteiger partial charge on any atom is -0.351 e. The first kappa shape index (κ1) is 29.2. The van der Waals surface area contributed by atoms with E-state index in [0.29, 0.717) is 66.1 Å². The number of carbonyl (C=O) groups excluding carboxylic acids is 3. The highest BCUT2D eigenvalue weighted by molar-refractivity contribution is 6.14. The zero-order valence-electron chi connectivity index (χ0n) is 24.7. The average Bonchev–Trinajstić information content (AvgIpc) is 3.41. The summed E-state index contributed by atoms with van der Waals surface area (Å²) < 4.78 is 1.52. The Kier molecular flexibility index (Phi) is 9.12. The Morgan fingerprint density at radius 1 is 0.952 bits per heavy atom. The number of fused-ring (bicyclic) bond motifs is 1. The molecule has 0 radical (unpaired) electrons. The van der Waals surface area contributed by atoms with E-state index in [-0.39, 0.29) is 17.7 Å². The number of benzene rings is 2. The summed E-state index contributed by atoms with van der Waals surface area (Å²) in [6, 6.07) is 17.6. The molecule has 1 fully saturated rings. The van der Waals surface area contributed by atoms with Gasteiger partial charge >= 0.3 is 0 Å². The van der Waals surface area contributed by atoms with Gasteiger partial charge in [-0.25, -0.2) is 0 Å². The number of amides is 2. The van der Waals surface area contributed by atoms with Crippen molar-refractivity contribution < 1.29 is 14.4 Å². The fraction of sp³-hybridized carbons (Fsp3) is 0.353. The van der Waals surface area contributed by atoms with Crippen molar-refractivity contribution in [2.45, 2.75) is 32.6 Å². The molecule has 1 aliphatic rings. The first-order valence-corrected chi connectivity index (χ1v) is 14.7. The van der Waals surface area contributed by atoms with Crippen LogP contribution in [0.3, 0.4) is 0 Å². The summed E-state index contributed by atoms with van der Waals surface area (Å²) in [7, 11) is 3.89. The number of likely N-dealkylation sites (N-methyl/N-ethyl adjacent to an activating group) is 1. The first-order chi connectivity index (χ1) is 20.4. The molecule has 1 aliphatic heterocycles. The van der Waals surface area contributed by atoms with Gasteiger partial charge in [-0.15, -0.1) is 0 Å². The fourth-order valence-corrected chi connectivity index (χ4v) is 5.87. The van der Waals surface area contributed by atoms with Crippen LogP contribution in [0.15, 0.2) is 73.2 Å². The standard InChI is InChI=1S/C34H39N5O3/c1-4-27-29(34(42)38-18-14-25(15-19-38)21-24-9-6-5-7-10-24)13-12-28-30(32(40)36-17-20-37(2)3)23-39(31(27)28)33(41)26-11-8-16-35-22-26/h5-13,16,22-23,25H,4,14-15,17-21H2,1-3H3,(H,36,40). The minimum absolute atomic E-state index is 0.0227. The van der Waals surface area contributed by atoms with Crippen molar-refractivity contribution >= 4 is 28.6 Å². The fourth-order valence-electron chi connectivity index (χ4n) is 5.87. The largest absolute Gasteiger partial charge is 0.351 e. The number of pyridine rings is 1. The molecule has 3 heterocycles. The Bertz CT molecular complexity index is 1550. The molecule has 0 atom stereocenters. The molecule has 8 nitrogen and oxygen atoms in total. The van der Waals surface area contributed by atoms with E-state index in [1.54, 1.807) is 24.5 Å². The number of hydrogen-bond donors (Lipinski definition) is 1. The zero-order valence-corrected chi connectivity index (χ0v) is 24.7. The third-order valence-corrected chi connectivity index (χ3v) is 8.14. The van der Waals surface area contributed by atoms with Crippen LogP contribution < -0.4 is 5.32 Å². The maximum absolute atomic E-state index is 13.9. The Morgan fingerprint density at radius 2 is 1.71 bits per heavy atom. The predicted molar refractivity (Wildman–Crippen MR) is 165 cm³/mol. The van der Waals surface area contributed by atoms with Gasteiger partial charge in [-0.2, -0.15) is 0 Å². The maximum atomic E-state index is 13.9. The number of carbonyl (C=O) groups is 3. The highest BCUT2D eigenvalue weighted by Crippen LogP contribution is 2.31. The van der Waals surface area contributed by atoms with Crippen molar-refractivity contribution in [3.8, 4) is 0 Å². The van der Waals surface area contributed by atoms with Crippen LogP contribution in [0.25, 0.3) is 10.9 Å². The SMILES string of the molecule is CCc1c(C(=O)N2CCC(Cc3ccccc3)CC2)ccc2c(C(=O)NCCN(C)C)cn(C(=O)c3cccnc3)c12. The van der Waals surface area contributed by atoms with E-state index in [0.717, 1.165) is 24.8 Å². The topological polar surface area (TPSA) is 87.5 Å². The summed E-state index contributed by atoms with van der Waals surface area (Å²) in [5.74, 6) is -0.0133. The second kappa shape index (κ2) is 13.1. The van der Waals surface area contributed by atoms with Gasteiger partial charge in [0.15, 0.2) is 0 Å². The van der Waals surface area contributed by atoms with Crippen molar-refractivity contribution in [3.05, 3.63) is 101 Å². The van der Waals surface area contributed by atoms with Gasteiger partial charge in [-0.05, 0) is 75.0 Å². The normalized spacial score (nSPS) is 14.0. The lowest BCUT2D eigenvalue weighted by molar-refractivity contribution is 0.0689. The highest BCUT2D eigenvalue weighted by atomic mass is 16.2. The van der Waals surface area contributed by atoms with Crippen molar-refractivity contribution in [1.82, 2.24) is 24.7 Å². The third kappa shape index (κ3) is 6.29. The van der Waals surface area contributed by atoms with E-state index >= 15 is 0 Å². The molecule has 2 aromatic carbocycles. The molecule has 1 N–H and O–H groups in total. The van der Waals surface area contributed by atoms with Gasteiger partial charge in [-0.1, -0.05) is 43.3 Å². The molecule has 42 heavy (non-hydrogen) atoms.